The molecule has 0 atom stereocenters. The quantitative estimate of drug-likeness (QED) is 0.745. The van der Waals surface area contributed by atoms with Crippen molar-refractivity contribution in [2.24, 2.45) is 0 Å². The maximum atomic E-state index is 5.66. The van der Waals surface area contributed by atoms with E-state index in [1.807, 2.05) is 28.8 Å². The fourth-order valence-electron chi connectivity index (χ4n) is 1.65. The van der Waals surface area contributed by atoms with Crippen LogP contribution in [0.25, 0.3) is 17.0 Å². The Morgan fingerprint density at radius 2 is 2.06 bits per heavy atom. The van der Waals surface area contributed by atoms with Crippen LogP contribution in [0.3, 0.4) is 0 Å². The number of nitrogen functional groups attached to an aromatic ring is 1. The van der Waals surface area contributed by atoms with Gasteiger partial charge in [-0.2, -0.15) is 0 Å². The molecular formula is C11H8BrN5. The summed E-state index contributed by atoms with van der Waals surface area (Å²) in [5.74, 6) is 1.21. The smallest absolute Gasteiger partial charge is 0.168 e. The molecule has 17 heavy (non-hydrogen) atoms. The molecule has 5 nitrogen and oxygen atoms in total. The fraction of sp³-hybridized carbons (Fsp3) is 0. The van der Waals surface area contributed by atoms with Crippen molar-refractivity contribution in [1.29, 1.82) is 0 Å². The summed E-state index contributed by atoms with van der Waals surface area (Å²) in [6, 6.07) is 7.45. The Balaban J connectivity index is 2.27. The van der Waals surface area contributed by atoms with Crippen molar-refractivity contribution in [2.45, 2.75) is 0 Å². The second kappa shape index (κ2) is 3.81. The highest BCUT2D eigenvalue weighted by molar-refractivity contribution is 9.10. The third-order valence-electron chi connectivity index (χ3n) is 2.41. The zero-order chi connectivity index (χ0) is 11.8. The highest BCUT2D eigenvalue weighted by Gasteiger charge is 2.08. The van der Waals surface area contributed by atoms with E-state index in [9.17, 15) is 0 Å². The number of hydrogen-bond acceptors (Lipinski definition) is 4. The van der Waals surface area contributed by atoms with Crippen LogP contribution >= 0.6 is 15.9 Å². The molecule has 0 aliphatic heterocycles. The topological polar surface area (TPSA) is 69.1 Å². The number of nitrogens with zero attached hydrogens (tertiary/aromatic N) is 4. The first-order valence-electron chi connectivity index (χ1n) is 4.96. The minimum absolute atomic E-state index is 0.467. The molecule has 0 fully saturated rings. The summed E-state index contributed by atoms with van der Waals surface area (Å²) < 4.78 is 2.87. The fourth-order valence-corrected chi connectivity index (χ4v) is 1.99. The van der Waals surface area contributed by atoms with Crippen LogP contribution in [-0.4, -0.2) is 19.6 Å². The summed E-state index contributed by atoms with van der Waals surface area (Å²) in [7, 11) is 0. The Bertz CT molecular complexity index is 691. The van der Waals surface area contributed by atoms with E-state index in [1.54, 1.807) is 12.3 Å². The molecule has 84 valence electrons. The van der Waals surface area contributed by atoms with Gasteiger partial charge in [0, 0.05) is 22.4 Å². The van der Waals surface area contributed by atoms with Gasteiger partial charge in [-0.3, -0.25) is 4.40 Å². The molecule has 2 N–H and O–H groups in total. The molecule has 3 aromatic rings. The monoisotopic (exact) mass is 289 g/mol. The summed E-state index contributed by atoms with van der Waals surface area (Å²) in [5, 5.41) is 8.25. The van der Waals surface area contributed by atoms with Crippen molar-refractivity contribution in [2.75, 3.05) is 5.73 Å². The van der Waals surface area contributed by atoms with Gasteiger partial charge in [-0.05, 0) is 40.2 Å². The van der Waals surface area contributed by atoms with Gasteiger partial charge in [-0.1, -0.05) is 0 Å². The lowest BCUT2D eigenvalue weighted by atomic mass is 10.2. The molecule has 3 heterocycles. The Morgan fingerprint density at radius 3 is 2.88 bits per heavy atom. The van der Waals surface area contributed by atoms with Gasteiger partial charge in [0.25, 0.3) is 0 Å². The molecule has 0 unspecified atom stereocenters. The number of halogens is 1. The second-order valence-electron chi connectivity index (χ2n) is 3.57. The van der Waals surface area contributed by atoms with Gasteiger partial charge >= 0.3 is 0 Å². The van der Waals surface area contributed by atoms with E-state index in [4.69, 9.17) is 5.73 Å². The molecule has 0 aromatic carbocycles. The summed E-state index contributed by atoms with van der Waals surface area (Å²) >= 11 is 3.42. The minimum Gasteiger partial charge on any atom is -0.384 e. The number of nitrogens with two attached hydrogens (primary N) is 1. The van der Waals surface area contributed by atoms with Crippen molar-refractivity contribution in [3.8, 4) is 11.4 Å². The maximum absolute atomic E-state index is 5.66. The first-order valence-corrected chi connectivity index (χ1v) is 5.75. The van der Waals surface area contributed by atoms with Crippen LogP contribution in [0.4, 0.5) is 5.82 Å². The number of hydrogen-bond donors (Lipinski definition) is 1. The molecule has 0 radical (unpaired) electrons. The van der Waals surface area contributed by atoms with Crippen LogP contribution in [0, 0.1) is 0 Å². The molecular weight excluding hydrogens is 282 g/mol. The number of anilines is 1. The Kier molecular flexibility index (Phi) is 2.29. The van der Waals surface area contributed by atoms with E-state index >= 15 is 0 Å². The highest BCUT2D eigenvalue weighted by atomic mass is 79.9. The van der Waals surface area contributed by atoms with Gasteiger partial charge in [0.1, 0.15) is 5.82 Å². The third-order valence-corrected chi connectivity index (χ3v) is 2.87. The Hall–Kier alpha value is -1.95. The van der Waals surface area contributed by atoms with E-state index < -0.39 is 0 Å². The molecule has 0 amide bonds. The average Bonchev–Trinajstić information content (AvgIpc) is 2.71. The van der Waals surface area contributed by atoms with Gasteiger partial charge in [0.05, 0.1) is 0 Å². The standard InChI is InChI=1S/C11H8BrN5/c12-8-1-2-10-15-16-11(17(10)6-8)7-3-4-14-9(13)5-7/h1-6H,(H2,13,14). The lowest BCUT2D eigenvalue weighted by Crippen LogP contribution is -1.93. The normalized spacial score (nSPS) is 10.9. The summed E-state index contributed by atoms with van der Waals surface area (Å²) in [6.07, 6.45) is 3.57. The van der Waals surface area contributed by atoms with Gasteiger partial charge < -0.3 is 5.73 Å². The van der Waals surface area contributed by atoms with E-state index in [1.165, 1.54) is 0 Å². The maximum Gasteiger partial charge on any atom is 0.168 e. The minimum atomic E-state index is 0.467. The molecule has 0 spiro atoms. The molecule has 0 aliphatic rings. The SMILES string of the molecule is Nc1cc(-c2nnc3ccc(Br)cn23)ccn1. The van der Waals surface area contributed by atoms with Crippen molar-refractivity contribution < 1.29 is 0 Å². The van der Waals surface area contributed by atoms with Crippen LogP contribution in [0.5, 0.6) is 0 Å². The predicted octanol–water partition coefficient (Wildman–Crippen LogP) is 2.14. The zero-order valence-corrected chi connectivity index (χ0v) is 10.3. The van der Waals surface area contributed by atoms with Crippen LogP contribution in [0.1, 0.15) is 0 Å². The summed E-state index contributed by atoms with van der Waals surface area (Å²) in [5.41, 5.74) is 7.34. The number of rotatable bonds is 1. The van der Waals surface area contributed by atoms with Crippen molar-refractivity contribution in [1.82, 2.24) is 19.6 Å². The first-order chi connectivity index (χ1) is 8.24. The van der Waals surface area contributed by atoms with Gasteiger partial charge in [-0.15, -0.1) is 10.2 Å². The molecule has 0 saturated carbocycles. The predicted molar refractivity (Wildman–Crippen MR) is 68.3 cm³/mol. The van der Waals surface area contributed by atoms with Crippen LogP contribution < -0.4 is 5.73 Å². The van der Waals surface area contributed by atoms with Gasteiger partial charge in [0.2, 0.25) is 0 Å². The molecule has 0 saturated heterocycles. The average molecular weight is 290 g/mol. The lowest BCUT2D eigenvalue weighted by molar-refractivity contribution is 1.11. The van der Waals surface area contributed by atoms with Gasteiger partial charge in [-0.25, -0.2) is 4.98 Å². The van der Waals surface area contributed by atoms with Crippen molar-refractivity contribution in [3.63, 3.8) is 0 Å². The van der Waals surface area contributed by atoms with Crippen LogP contribution in [0.2, 0.25) is 0 Å². The number of aromatic nitrogens is 4. The Morgan fingerprint density at radius 1 is 1.18 bits per heavy atom. The van der Waals surface area contributed by atoms with E-state index in [0.29, 0.717) is 5.82 Å². The van der Waals surface area contributed by atoms with Gasteiger partial charge in [0.15, 0.2) is 11.5 Å². The number of fused-ring (bicyclic) bond motifs is 1. The van der Waals surface area contributed by atoms with Crippen LogP contribution in [-0.2, 0) is 0 Å². The third kappa shape index (κ3) is 1.76. The Labute approximate surface area is 105 Å². The van der Waals surface area contributed by atoms with E-state index in [0.717, 1.165) is 21.5 Å². The van der Waals surface area contributed by atoms with Crippen molar-refractivity contribution >= 4 is 27.4 Å². The van der Waals surface area contributed by atoms with Crippen molar-refractivity contribution in [3.05, 3.63) is 41.1 Å². The molecule has 0 aliphatic carbocycles. The molecule has 3 aromatic heterocycles. The molecule has 0 bridgehead atoms. The second-order valence-corrected chi connectivity index (χ2v) is 4.48. The first kappa shape index (κ1) is 10.2. The largest absolute Gasteiger partial charge is 0.384 e. The lowest BCUT2D eigenvalue weighted by Gasteiger charge is -2.01. The highest BCUT2D eigenvalue weighted by Crippen LogP contribution is 2.21. The molecule has 3 rings (SSSR count). The van der Waals surface area contributed by atoms with Crippen LogP contribution in [0.15, 0.2) is 41.1 Å². The zero-order valence-electron chi connectivity index (χ0n) is 8.71. The van der Waals surface area contributed by atoms with E-state index in [2.05, 4.69) is 31.1 Å². The van der Waals surface area contributed by atoms with E-state index in [-0.39, 0.29) is 0 Å². The molecule has 6 heteroatoms. The number of pyridine rings is 2. The summed E-state index contributed by atoms with van der Waals surface area (Å²) in [6.45, 7) is 0. The summed E-state index contributed by atoms with van der Waals surface area (Å²) in [4.78, 5) is 3.96.